The molecule has 1 aromatic heterocycles. The van der Waals surface area contributed by atoms with Gasteiger partial charge in [-0.2, -0.15) is 8.42 Å². The fraction of sp³-hybridized carbons (Fsp3) is 0.773. The van der Waals surface area contributed by atoms with E-state index in [-0.39, 0.29) is 11.6 Å². The Hall–Kier alpha value is -1.80. The van der Waals surface area contributed by atoms with Crippen molar-refractivity contribution in [1.29, 1.82) is 0 Å². The molecule has 11 nitrogen and oxygen atoms in total. The highest BCUT2D eigenvalue weighted by atomic mass is 32.2. The zero-order valence-corrected chi connectivity index (χ0v) is 23.5. The predicted octanol–water partition coefficient (Wildman–Crippen LogP) is 0.976. The molecule has 0 amide bonds. The van der Waals surface area contributed by atoms with Crippen LogP contribution in [0.15, 0.2) is 20.8 Å². The lowest BCUT2D eigenvalue weighted by Crippen LogP contribution is -2.65. The van der Waals surface area contributed by atoms with E-state index >= 15 is 0 Å². The Labute approximate surface area is 206 Å². The van der Waals surface area contributed by atoms with Crippen LogP contribution in [-0.4, -0.2) is 80.3 Å². The number of hydrogen-bond acceptors (Lipinski definition) is 9. The van der Waals surface area contributed by atoms with E-state index in [0.29, 0.717) is 11.4 Å². The van der Waals surface area contributed by atoms with Crippen molar-refractivity contribution >= 4 is 24.3 Å². The number of nitrogens with zero attached hydrogens (tertiary/aromatic N) is 4. The summed E-state index contributed by atoms with van der Waals surface area (Å²) in [5.74, 6) is 0.486. The third kappa shape index (κ3) is 4.24. The first-order valence-corrected chi connectivity index (χ1v) is 16.5. The monoisotopic (exact) mass is 528 g/mol. The van der Waals surface area contributed by atoms with Gasteiger partial charge in [0.05, 0.1) is 12.8 Å². The summed E-state index contributed by atoms with van der Waals surface area (Å²) in [4.78, 5) is 32.3. The molecule has 0 N–H and O–H groups in total. The quantitative estimate of drug-likeness (QED) is 0.410. The van der Waals surface area contributed by atoms with Crippen molar-refractivity contribution in [2.24, 2.45) is 12.0 Å². The van der Waals surface area contributed by atoms with Gasteiger partial charge in [0.15, 0.2) is 14.5 Å². The molecule has 4 atom stereocenters. The molecule has 0 aliphatic carbocycles. The number of likely N-dealkylation sites (tertiary alicyclic amines) is 1. The summed E-state index contributed by atoms with van der Waals surface area (Å²) in [7, 11) is -5.12. The predicted molar refractivity (Wildman–Crippen MR) is 134 cm³/mol. The molecular formula is C22H36N4O7SSi. The van der Waals surface area contributed by atoms with E-state index in [1.165, 1.54) is 17.8 Å². The van der Waals surface area contributed by atoms with Crippen LogP contribution in [0.1, 0.15) is 39.0 Å². The second kappa shape index (κ2) is 8.37. The van der Waals surface area contributed by atoms with Gasteiger partial charge in [-0.25, -0.2) is 8.98 Å². The van der Waals surface area contributed by atoms with E-state index in [4.69, 9.17) is 13.3 Å². The molecule has 0 spiro atoms. The Bertz CT molecular complexity index is 1280. The van der Waals surface area contributed by atoms with Gasteiger partial charge in [0, 0.05) is 31.9 Å². The Balaban J connectivity index is 1.95. The molecule has 3 aliphatic rings. The van der Waals surface area contributed by atoms with Gasteiger partial charge in [0.25, 0.3) is 15.7 Å². The first kappa shape index (κ1) is 26.3. The molecule has 0 radical (unpaired) electrons. The molecule has 0 saturated carbocycles. The summed E-state index contributed by atoms with van der Waals surface area (Å²) in [5.41, 5.74) is -2.17. The van der Waals surface area contributed by atoms with Crippen molar-refractivity contribution in [3.8, 4) is 0 Å². The lowest BCUT2D eigenvalue weighted by atomic mass is 9.91. The lowest BCUT2D eigenvalue weighted by molar-refractivity contribution is -0.0343. The minimum Gasteiger partial charge on any atom is -0.406 e. The van der Waals surface area contributed by atoms with Crippen LogP contribution in [-0.2, 0) is 30.5 Å². The highest BCUT2D eigenvalue weighted by molar-refractivity contribution is 7.86. The smallest absolute Gasteiger partial charge is 0.332 e. The van der Waals surface area contributed by atoms with Crippen LogP contribution in [0, 0.1) is 6.92 Å². The zero-order chi connectivity index (χ0) is 26.1. The van der Waals surface area contributed by atoms with Crippen LogP contribution in [0.5, 0.6) is 0 Å². The standard InChI is InChI=1S/C22H36N4O7SSi/c1-14-13-26(20(28)24(5)17(14)27)18-16(32-35(7,8)21(2,3)4)22(33-34(6,29)30)15(31-18)12-23-19(22)25-10-9-11-25/h13,15-16,18H,9-12H2,1-8H3/t15-,16+,18-,22-/m1/s1. The number of rotatable bonds is 5. The van der Waals surface area contributed by atoms with Crippen molar-refractivity contribution in [2.45, 2.75) is 76.3 Å². The normalized spacial score (nSPS) is 29.2. The average molecular weight is 529 g/mol. The van der Waals surface area contributed by atoms with Crippen molar-refractivity contribution in [3.63, 3.8) is 0 Å². The van der Waals surface area contributed by atoms with E-state index < -0.39 is 53.7 Å². The Morgan fingerprint density at radius 3 is 2.37 bits per heavy atom. The molecule has 2 fully saturated rings. The number of aromatic nitrogens is 2. The van der Waals surface area contributed by atoms with Gasteiger partial charge in [-0.3, -0.25) is 18.9 Å². The van der Waals surface area contributed by atoms with Crippen LogP contribution in [0.4, 0.5) is 0 Å². The van der Waals surface area contributed by atoms with Gasteiger partial charge < -0.3 is 14.1 Å². The molecule has 4 heterocycles. The Morgan fingerprint density at radius 2 is 1.86 bits per heavy atom. The van der Waals surface area contributed by atoms with Gasteiger partial charge in [-0.05, 0) is 31.5 Å². The summed E-state index contributed by atoms with van der Waals surface area (Å²) < 4.78 is 46.8. The number of aliphatic imine (C=N–C) groups is 1. The van der Waals surface area contributed by atoms with E-state index in [2.05, 4.69) is 38.9 Å². The summed E-state index contributed by atoms with van der Waals surface area (Å²) in [6, 6.07) is 0. The minimum absolute atomic E-state index is 0.175. The van der Waals surface area contributed by atoms with E-state index in [1.807, 2.05) is 4.90 Å². The molecule has 13 heteroatoms. The fourth-order valence-corrected chi connectivity index (χ4v) is 6.68. The maximum absolute atomic E-state index is 13.2. The largest absolute Gasteiger partial charge is 0.406 e. The summed E-state index contributed by atoms with van der Waals surface area (Å²) in [6.45, 7) is 13.6. The number of fused-ring (bicyclic) bond motifs is 1. The molecule has 0 unspecified atom stereocenters. The summed E-state index contributed by atoms with van der Waals surface area (Å²) in [6.07, 6.45) is 0.630. The number of amidine groups is 1. The van der Waals surface area contributed by atoms with Crippen LogP contribution in [0.2, 0.25) is 18.1 Å². The first-order valence-electron chi connectivity index (χ1n) is 11.8. The van der Waals surface area contributed by atoms with Gasteiger partial charge in [-0.15, -0.1) is 0 Å². The third-order valence-electron chi connectivity index (χ3n) is 7.65. The summed E-state index contributed by atoms with van der Waals surface area (Å²) in [5, 5.41) is -0.223. The fourth-order valence-electron chi connectivity index (χ4n) is 4.62. The van der Waals surface area contributed by atoms with Gasteiger partial charge in [0.1, 0.15) is 18.0 Å². The molecule has 4 rings (SSSR count). The molecule has 2 saturated heterocycles. The van der Waals surface area contributed by atoms with Gasteiger partial charge in [-0.1, -0.05) is 20.8 Å². The van der Waals surface area contributed by atoms with Gasteiger partial charge >= 0.3 is 5.69 Å². The SMILES string of the molecule is Cc1cn([C@@H]2O[C@@H]3CN=C(N4CCC4)[C@]3(OS(C)(=O)=O)[C@H]2O[Si](C)(C)C(C)(C)C)c(=O)n(C)c1=O. The first-order chi connectivity index (χ1) is 16.0. The van der Waals surface area contributed by atoms with E-state index in [1.54, 1.807) is 6.92 Å². The van der Waals surface area contributed by atoms with Crippen molar-refractivity contribution in [1.82, 2.24) is 14.0 Å². The van der Waals surface area contributed by atoms with Crippen LogP contribution in [0.25, 0.3) is 0 Å². The van der Waals surface area contributed by atoms with E-state index in [9.17, 15) is 18.0 Å². The average Bonchev–Trinajstić information content (AvgIpc) is 3.14. The number of ether oxygens (including phenoxy) is 1. The zero-order valence-electron chi connectivity index (χ0n) is 21.7. The maximum Gasteiger partial charge on any atom is 0.332 e. The second-order valence-corrected chi connectivity index (χ2v) is 17.6. The topological polar surface area (TPSA) is 121 Å². The Morgan fingerprint density at radius 1 is 1.23 bits per heavy atom. The molecular weight excluding hydrogens is 492 g/mol. The highest BCUT2D eigenvalue weighted by Crippen LogP contribution is 2.50. The maximum atomic E-state index is 13.2. The van der Waals surface area contributed by atoms with Crippen LogP contribution >= 0.6 is 0 Å². The van der Waals surface area contributed by atoms with Crippen LogP contribution in [0.3, 0.4) is 0 Å². The number of hydrogen-bond donors (Lipinski definition) is 0. The van der Waals surface area contributed by atoms with E-state index in [0.717, 1.165) is 30.3 Å². The van der Waals surface area contributed by atoms with Crippen LogP contribution < -0.4 is 11.2 Å². The molecule has 1 aromatic rings. The minimum atomic E-state index is -3.98. The molecule has 196 valence electrons. The Kier molecular flexibility index (Phi) is 6.28. The lowest BCUT2D eigenvalue weighted by Gasteiger charge is -2.46. The molecule has 35 heavy (non-hydrogen) atoms. The molecule has 0 aromatic carbocycles. The van der Waals surface area contributed by atoms with Crippen molar-refractivity contribution in [3.05, 3.63) is 32.6 Å². The van der Waals surface area contributed by atoms with Gasteiger partial charge in [0.2, 0.25) is 5.60 Å². The van der Waals surface area contributed by atoms with Crippen molar-refractivity contribution < 1.29 is 21.8 Å². The highest BCUT2D eigenvalue weighted by Gasteiger charge is 2.69. The summed E-state index contributed by atoms with van der Waals surface area (Å²) >= 11 is 0. The third-order valence-corrected chi connectivity index (χ3v) is 12.7. The number of aryl methyl sites for hydroxylation is 1. The second-order valence-electron chi connectivity index (χ2n) is 11.3. The van der Waals surface area contributed by atoms with Crippen molar-refractivity contribution in [2.75, 3.05) is 25.9 Å². The molecule has 3 aliphatic heterocycles. The molecule has 0 bridgehead atoms.